The van der Waals surface area contributed by atoms with Crippen LogP contribution < -0.4 is 0 Å². The van der Waals surface area contributed by atoms with Crippen LogP contribution in [-0.2, 0) is 28.6 Å². The average molecular weight is 385 g/mol. The van der Waals surface area contributed by atoms with Crippen LogP contribution in [0.1, 0.15) is 66.2 Å². The molecular formula is C16H32O6S2. The Balaban J connectivity index is 4.35. The standard InChI is InChI=1S/C16H32O6S2/c1-5-7-9-13-23(17,18)21-15(3)11-12-16(4)22-24(19,20)14-10-8-6-2/h11-12,15-16H,5-10,13-14H2,1-4H3. The summed E-state index contributed by atoms with van der Waals surface area (Å²) in [5.74, 6) is -0.00619. The summed E-state index contributed by atoms with van der Waals surface area (Å²) < 4.78 is 57.1. The molecule has 0 aromatic heterocycles. The molecule has 8 heteroatoms. The van der Waals surface area contributed by atoms with E-state index in [1.54, 1.807) is 13.8 Å². The molecule has 0 aliphatic rings. The van der Waals surface area contributed by atoms with Gasteiger partial charge in [0, 0.05) is 0 Å². The van der Waals surface area contributed by atoms with E-state index in [0.29, 0.717) is 12.8 Å². The van der Waals surface area contributed by atoms with Gasteiger partial charge in [0.05, 0.1) is 23.7 Å². The van der Waals surface area contributed by atoms with Crippen LogP contribution in [0.15, 0.2) is 12.2 Å². The molecule has 0 aliphatic heterocycles. The Morgan fingerprint density at radius 1 is 0.708 bits per heavy atom. The maximum atomic E-state index is 11.8. The predicted molar refractivity (Wildman–Crippen MR) is 96.9 cm³/mol. The first kappa shape index (κ1) is 23.6. The zero-order valence-corrected chi connectivity index (χ0v) is 16.9. The van der Waals surface area contributed by atoms with E-state index in [9.17, 15) is 16.8 Å². The molecule has 0 aromatic carbocycles. The van der Waals surface area contributed by atoms with Gasteiger partial charge in [-0.1, -0.05) is 51.7 Å². The molecule has 0 radical (unpaired) electrons. The largest absolute Gasteiger partial charge is 0.267 e. The van der Waals surface area contributed by atoms with Crippen LogP contribution in [0.2, 0.25) is 0 Å². The summed E-state index contributed by atoms with van der Waals surface area (Å²) in [6.07, 6.45) is 6.39. The van der Waals surface area contributed by atoms with Crippen LogP contribution in [0, 0.1) is 0 Å². The first-order valence-electron chi connectivity index (χ1n) is 8.62. The van der Waals surface area contributed by atoms with E-state index in [1.165, 1.54) is 12.2 Å². The number of hydrogen-bond donors (Lipinski definition) is 0. The third-order valence-corrected chi connectivity index (χ3v) is 6.02. The van der Waals surface area contributed by atoms with E-state index < -0.39 is 32.4 Å². The summed E-state index contributed by atoms with van der Waals surface area (Å²) in [4.78, 5) is 0. The Labute approximate surface area is 147 Å². The molecule has 0 aromatic rings. The average Bonchev–Trinajstić information content (AvgIpc) is 2.44. The van der Waals surface area contributed by atoms with Crippen LogP contribution >= 0.6 is 0 Å². The van der Waals surface area contributed by atoms with Crippen molar-refractivity contribution in [2.45, 2.75) is 78.4 Å². The van der Waals surface area contributed by atoms with E-state index in [-0.39, 0.29) is 11.5 Å². The SMILES string of the molecule is CCCCCS(=O)(=O)OC(C)C=CC(C)OS(=O)(=O)CCCCC. The fourth-order valence-electron chi connectivity index (χ4n) is 1.99. The molecule has 6 nitrogen and oxygen atoms in total. The van der Waals surface area contributed by atoms with E-state index in [1.807, 2.05) is 13.8 Å². The predicted octanol–water partition coefficient (Wildman–Crippen LogP) is 3.39. The normalized spacial score (nSPS) is 15.7. The minimum Gasteiger partial charge on any atom is -0.263 e. The minimum absolute atomic E-state index is 0.00309. The van der Waals surface area contributed by atoms with Crippen LogP contribution in [0.3, 0.4) is 0 Å². The van der Waals surface area contributed by atoms with E-state index in [2.05, 4.69) is 0 Å². The van der Waals surface area contributed by atoms with Gasteiger partial charge >= 0.3 is 0 Å². The number of rotatable bonds is 14. The first-order valence-corrected chi connectivity index (χ1v) is 11.8. The molecular weight excluding hydrogens is 352 g/mol. The molecule has 0 saturated carbocycles. The lowest BCUT2D eigenvalue weighted by atomic mass is 10.3. The van der Waals surface area contributed by atoms with Crippen molar-refractivity contribution in [3.05, 3.63) is 12.2 Å². The van der Waals surface area contributed by atoms with Gasteiger partial charge in [-0.15, -0.1) is 0 Å². The maximum Gasteiger partial charge on any atom is 0.267 e. The van der Waals surface area contributed by atoms with Crippen molar-refractivity contribution < 1.29 is 25.2 Å². The summed E-state index contributed by atoms with van der Waals surface area (Å²) in [5.41, 5.74) is 0. The van der Waals surface area contributed by atoms with Gasteiger partial charge < -0.3 is 0 Å². The fraction of sp³-hybridized carbons (Fsp3) is 0.875. The molecule has 0 heterocycles. The Morgan fingerprint density at radius 3 is 1.33 bits per heavy atom. The molecule has 0 spiro atoms. The second kappa shape index (κ2) is 12.0. The lowest BCUT2D eigenvalue weighted by Crippen LogP contribution is -2.19. The van der Waals surface area contributed by atoms with Crippen molar-refractivity contribution in [3.63, 3.8) is 0 Å². The number of unbranched alkanes of at least 4 members (excludes halogenated alkanes) is 4. The van der Waals surface area contributed by atoms with Crippen molar-refractivity contribution in [1.29, 1.82) is 0 Å². The fourth-order valence-corrected chi connectivity index (χ4v) is 4.35. The van der Waals surface area contributed by atoms with Gasteiger partial charge in [-0.3, -0.25) is 8.37 Å². The zero-order chi connectivity index (χ0) is 18.6. The van der Waals surface area contributed by atoms with Crippen molar-refractivity contribution in [3.8, 4) is 0 Å². The van der Waals surface area contributed by atoms with Gasteiger partial charge in [0.1, 0.15) is 0 Å². The lowest BCUT2D eigenvalue weighted by Gasteiger charge is -2.12. The van der Waals surface area contributed by atoms with Crippen molar-refractivity contribution in [2.75, 3.05) is 11.5 Å². The topological polar surface area (TPSA) is 86.7 Å². The van der Waals surface area contributed by atoms with Gasteiger partial charge in [-0.25, -0.2) is 0 Å². The maximum absolute atomic E-state index is 11.8. The van der Waals surface area contributed by atoms with Crippen LogP contribution in [0.25, 0.3) is 0 Å². The van der Waals surface area contributed by atoms with Crippen molar-refractivity contribution in [1.82, 2.24) is 0 Å². The molecule has 0 N–H and O–H groups in total. The molecule has 2 atom stereocenters. The number of hydrogen-bond acceptors (Lipinski definition) is 6. The van der Waals surface area contributed by atoms with Crippen molar-refractivity contribution in [2.24, 2.45) is 0 Å². The second-order valence-electron chi connectivity index (χ2n) is 5.93. The van der Waals surface area contributed by atoms with E-state index in [4.69, 9.17) is 8.37 Å². The molecule has 0 amide bonds. The monoisotopic (exact) mass is 384 g/mol. The van der Waals surface area contributed by atoms with Crippen LogP contribution in [0.5, 0.6) is 0 Å². The van der Waals surface area contributed by atoms with Crippen molar-refractivity contribution >= 4 is 20.2 Å². The third-order valence-electron chi connectivity index (χ3n) is 3.25. The highest BCUT2D eigenvalue weighted by molar-refractivity contribution is 7.86. The molecule has 0 bridgehead atoms. The van der Waals surface area contributed by atoms with Gasteiger partial charge in [0.15, 0.2) is 0 Å². The highest BCUT2D eigenvalue weighted by Gasteiger charge is 2.16. The van der Waals surface area contributed by atoms with Gasteiger partial charge in [-0.05, 0) is 26.7 Å². The Bertz CT molecular complexity index is 501. The van der Waals surface area contributed by atoms with Crippen LogP contribution in [0.4, 0.5) is 0 Å². The molecule has 0 rings (SSSR count). The Hall–Kier alpha value is -0.440. The minimum atomic E-state index is -3.56. The smallest absolute Gasteiger partial charge is 0.263 e. The molecule has 0 saturated heterocycles. The lowest BCUT2D eigenvalue weighted by molar-refractivity contribution is 0.259. The highest BCUT2D eigenvalue weighted by Crippen LogP contribution is 2.09. The zero-order valence-electron chi connectivity index (χ0n) is 15.2. The van der Waals surface area contributed by atoms with Crippen LogP contribution in [-0.4, -0.2) is 40.5 Å². The summed E-state index contributed by atoms with van der Waals surface area (Å²) in [7, 11) is -7.12. The van der Waals surface area contributed by atoms with E-state index >= 15 is 0 Å². The Kier molecular flexibility index (Phi) is 11.8. The van der Waals surface area contributed by atoms with Gasteiger partial charge in [0.2, 0.25) is 0 Å². The summed E-state index contributed by atoms with van der Waals surface area (Å²) >= 11 is 0. The molecule has 0 fully saturated rings. The summed E-state index contributed by atoms with van der Waals surface area (Å²) in [6.45, 7) is 7.18. The van der Waals surface area contributed by atoms with Gasteiger partial charge in [-0.2, -0.15) is 16.8 Å². The van der Waals surface area contributed by atoms with Gasteiger partial charge in [0.25, 0.3) is 20.2 Å². The van der Waals surface area contributed by atoms with E-state index in [0.717, 1.165) is 25.7 Å². The molecule has 144 valence electrons. The Morgan fingerprint density at radius 2 is 1.04 bits per heavy atom. The highest BCUT2D eigenvalue weighted by atomic mass is 32.2. The molecule has 0 aliphatic carbocycles. The summed E-state index contributed by atoms with van der Waals surface area (Å²) in [5, 5.41) is 0. The molecule has 24 heavy (non-hydrogen) atoms. The second-order valence-corrected chi connectivity index (χ2v) is 9.36. The quantitative estimate of drug-likeness (QED) is 0.259. The molecule has 2 unspecified atom stereocenters. The first-order chi connectivity index (χ1) is 11.1. The third kappa shape index (κ3) is 12.9. The summed E-state index contributed by atoms with van der Waals surface area (Å²) in [6, 6.07) is 0.